The van der Waals surface area contributed by atoms with Crippen molar-refractivity contribution in [2.24, 2.45) is 0 Å². The van der Waals surface area contributed by atoms with Gasteiger partial charge in [0.05, 0.1) is 31.4 Å². The number of hydrogen-bond acceptors (Lipinski definition) is 5. The molecule has 6 nitrogen and oxygen atoms in total. The van der Waals surface area contributed by atoms with Gasteiger partial charge in [0.1, 0.15) is 11.5 Å². The van der Waals surface area contributed by atoms with Gasteiger partial charge in [-0.25, -0.2) is 4.98 Å². The highest BCUT2D eigenvalue weighted by Crippen LogP contribution is 2.29. The normalized spacial score (nSPS) is 10.7. The molecule has 7 heteroatoms. The molecule has 0 unspecified atom stereocenters. The number of carbonyl (C=O) groups is 1. The number of imidazole rings is 1. The maximum atomic E-state index is 12.4. The zero-order valence-corrected chi connectivity index (χ0v) is 16.9. The van der Waals surface area contributed by atoms with Crippen molar-refractivity contribution in [1.82, 2.24) is 9.55 Å². The molecule has 1 heterocycles. The van der Waals surface area contributed by atoms with Crippen LogP contribution in [0.4, 0.5) is 5.69 Å². The number of methoxy groups -OCH3 is 2. The van der Waals surface area contributed by atoms with Crippen molar-refractivity contribution in [3.8, 4) is 11.5 Å². The smallest absolute Gasteiger partial charge is 0.234 e. The van der Waals surface area contributed by atoms with Crippen molar-refractivity contribution < 1.29 is 14.3 Å². The van der Waals surface area contributed by atoms with Gasteiger partial charge < -0.3 is 19.4 Å². The van der Waals surface area contributed by atoms with E-state index in [-0.39, 0.29) is 11.7 Å². The van der Waals surface area contributed by atoms with Crippen LogP contribution < -0.4 is 14.8 Å². The summed E-state index contributed by atoms with van der Waals surface area (Å²) < 4.78 is 12.7. The van der Waals surface area contributed by atoms with Crippen molar-refractivity contribution in [3.05, 3.63) is 29.6 Å². The summed E-state index contributed by atoms with van der Waals surface area (Å²) >= 11 is 1.45. The highest BCUT2D eigenvalue weighted by Gasteiger charge is 2.14. The molecular weight excluding hydrogens is 350 g/mol. The molecule has 0 fully saturated rings. The number of hydrogen-bond donors (Lipinski definition) is 1. The molecule has 0 saturated heterocycles. The fourth-order valence-electron chi connectivity index (χ4n) is 2.54. The Labute approximate surface area is 159 Å². The topological polar surface area (TPSA) is 65.4 Å². The fraction of sp³-hybridized carbons (Fsp3) is 0.474. The average Bonchev–Trinajstić information content (AvgIpc) is 2.91. The molecule has 2 aromatic rings. The first-order chi connectivity index (χ1) is 12.5. The summed E-state index contributed by atoms with van der Waals surface area (Å²) in [5, 5.41) is 3.78. The summed E-state index contributed by atoms with van der Waals surface area (Å²) in [5.74, 6) is 1.43. The van der Waals surface area contributed by atoms with Gasteiger partial charge in [-0.15, -0.1) is 0 Å². The average molecular weight is 378 g/mol. The SMILES string of the molecule is CCCCn1c(SCC(=O)Nc2cc(OC)ccc2OC)nc(C)c1C. The van der Waals surface area contributed by atoms with Crippen LogP contribution in [0.2, 0.25) is 0 Å². The molecule has 0 aliphatic rings. The molecule has 0 atom stereocenters. The Hall–Kier alpha value is -2.15. The van der Waals surface area contributed by atoms with Crippen molar-refractivity contribution in [2.75, 3.05) is 25.3 Å². The molecular formula is C19H27N3O3S. The van der Waals surface area contributed by atoms with E-state index in [1.807, 2.05) is 6.92 Å². The third kappa shape index (κ3) is 4.94. The van der Waals surface area contributed by atoms with Gasteiger partial charge in [0.2, 0.25) is 5.91 Å². The van der Waals surface area contributed by atoms with Crippen LogP contribution in [0, 0.1) is 13.8 Å². The second kappa shape index (κ2) is 9.52. The van der Waals surface area contributed by atoms with E-state index < -0.39 is 0 Å². The van der Waals surface area contributed by atoms with Gasteiger partial charge in [0.25, 0.3) is 0 Å². The van der Waals surface area contributed by atoms with E-state index >= 15 is 0 Å². The van der Waals surface area contributed by atoms with Crippen LogP contribution in [0.1, 0.15) is 31.2 Å². The molecule has 26 heavy (non-hydrogen) atoms. The number of rotatable bonds is 9. The summed E-state index contributed by atoms with van der Waals surface area (Å²) in [5.41, 5.74) is 2.77. The van der Waals surface area contributed by atoms with E-state index in [2.05, 4.69) is 28.7 Å². The van der Waals surface area contributed by atoms with Crippen LogP contribution in [0.5, 0.6) is 11.5 Å². The molecule has 1 aromatic heterocycles. The Morgan fingerprint density at radius 3 is 2.69 bits per heavy atom. The number of carbonyl (C=O) groups excluding carboxylic acids is 1. The summed E-state index contributed by atoms with van der Waals surface area (Å²) in [6.45, 7) is 7.17. The zero-order valence-electron chi connectivity index (χ0n) is 16.1. The zero-order chi connectivity index (χ0) is 19.1. The van der Waals surface area contributed by atoms with Crippen LogP contribution >= 0.6 is 11.8 Å². The highest BCUT2D eigenvalue weighted by molar-refractivity contribution is 7.99. The molecule has 0 aliphatic heterocycles. The van der Waals surface area contributed by atoms with Gasteiger partial charge in [0.15, 0.2) is 5.16 Å². The number of nitrogens with one attached hydrogen (secondary N) is 1. The minimum absolute atomic E-state index is 0.109. The third-order valence-electron chi connectivity index (χ3n) is 4.17. The number of benzene rings is 1. The van der Waals surface area contributed by atoms with E-state index in [4.69, 9.17) is 9.47 Å². The molecule has 2 rings (SSSR count). The van der Waals surface area contributed by atoms with E-state index in [1.165, 1.54) is 11.8 Å². The first-order valence-corrected chi connectivity index (χ1v) is 9.67. The van der Waals surface area contributed by atoms with Gasteiger partial charge in [-0.2, -0.15) is 0 Å². The number of thioether (sulfide) groups is 1. The Balaban J connectivity index is 2.05. The lowest BCUT2D eigenvalue weighted by molar-refractivity contribution is -0.113. The lowest BCUT2D eigenvalue weighted by Crippen LogP contribution is -2.15. The van der Waals surface area contributed by atoms with Crippen molar-refractivity contribution >= 4 is 23.4 Å². The minimum atomic E-state index is -0.109. The van der Waals surface area contributed by atoms with E-state index in [1.54, 1.807) is 32.4 Å². The van der Waals surface area contributed by atoms with E-state index in [0.717, 1.165) is 35.9 Å². The molecule has 1 N–H and O–H groups in total. The van der Waals surface area contributed by atoms with Gasteiger partial charge in [-0.05, 0) is 32.4 Å². The molecule has 0 saturated carbocycles. The molecule has 0 spiro atoms. The summed E-state index contributed by atoms with van der Waals surface area (Å²) in [6.07, 6.45) is 2.22. The van der Waals surface area contributed by atoms with Crippen LogP contribution in [0.3, 0.4) is 0 Å². The van der Waals surface area contributed by atoms with Crippen molar-refractivity contribution in [2.45, 2.75) is 45.3 Å². The summed E-state index contributed by atoms with van der Waals surface area (Å²) in [4.78, 5) is 17.0. The van der Waals surface area contributed by atoms with Crippen molar-refractivity contribution in [3.63, 3.8) is 0 Å². The van der Waals surface area contributed by atoms with Crippen LogP contribution in [-0.4, -0.2) is 35.4 Å². The van der Waals surface area contributed by atoms with Gasteiger partial charge >= 0.3 is 0 Å². The van der Waals surface area contributed by atoms with Crippen LogP contribution in [-0.2, 0) is 11.3 Å². The molecule has 0 aliphatic carbocycles. The van der Waals surface area contributed by atoms with Crippen LogP contribution in [0.25, 0.3) is 0 Å². The predicted octanol–water partition coefficient (Wildman–Crippen LogP) is 4.05. The quantitative estimate of drug-likeness (QED) is 0.668. The Morgan fingerprint density at radius 2 is 2.04 bits per heavy atom. The van der Waals surface area contributed by atoms with Crippen molar-refractivity contribution in [1.29, 1.82) is 0 Å². The second-order valence-electron chi connectivity index (χ2n) is 5.97. The summed E-state index contributed by atoms with van der Waals surface area (Å²) in [7, 11) is 3.16. The largest absolute Gasteiger partial charge is 0.497 e. The third-order valence-corrected chi connectivity index (χ3v) is 5.15. The number of unbranched alkanes of at least 4 members (excludes halogenated alkanes) is 1. The van der Waals surface area contributed by atoms with E-state index in [0.29, 0.717) is 17.2 Å². The highest BCUT2D eigenvalue weighted by atomic mass is 32.2. The molecule has 1 amide bonds. The number of ether oxygens (including phenoxy) is 2. The number of aromatic nitrogens is 2. The molecule has 0 bridgehead atoms. The van der Waals surface area contributed by atoms with Gasteiger partial charge in [0, 0.05) is 18.3 Å². The fourth-order valence-corrected chi connectivity index (χ4v) is 3.46. The molecule has 0 radical (unpaired) electrons. The molecule has 142 valence electrons. The maximum Gasteiger partial charge on any atom is 0.234 e. The Bertz CT molecular complexity index is 759. The molecule has 1 aromatic carbocycles. The summed E-state index contributed by atoms with van der Waals surface area (Å²) in [6, 6.07) is 5.31. The number of anilines is 1. The van der Waals surface area contributed by atoms with E-state index in [9.17, 15) is 4.79 Å². The number of amides is 1. The van der Waals surface area contributed by atoms with Gasteiger partial charge in [-0.1, -0.05) is 25.1 Å². The monoisotopic (exact) mass is 377 g/mol. The minimum Gasteiger partial charge on any atom is -0.497 e. The number of nitrogens with zero attached hydrogens (tertiary/aromatic N) is 2. The lowest BCUT2D eigenvalue weighted by Gasteiger charge is -2.12. The number of aryl methyl sites for hydroxylation is 1. The second-order valence-corrected chi connectivity index (χ2v) is 6.92. The lowest BCUT2D eigenvalue weighted by atomic mass is 10.2. The maximum absolute atomic E-state index is 12.4. The van der Waals surface area contributed by atoms with Crippen LogP contribution in [0.15, 0.2) is 23.4 Å². The standard InChI is InChI=1S/C19H27N3O3S/c1-6-7-10-22-14(3)13(2)20-19(22)26-12-18(23)21-16-11-15(24-4)8-9-17(16)25-5/h8-9,11H,6-7,10,12H2,1-5H3,(H,21,23). The first-order valence-electron chi connectivity index (χ1n) is 8.68. The first kappa shape index (κ1) is 20.2. The Kier molecular flexibility index (Phi) is 7.38. The Morgan fingerprint density at radius 1 is 1.27 bits per heavy atom. The predicted molar refractivity (Wildman–Crippen MR) is 106 cm³/mol. The van der Waals surface area contributed by atoms with Gasteiger partial charge in [-0.3, -0.25) is 4.79 Å².